The SMILES string of the molecule is CCNC(=NCCc1csc(C)n1)NC1CCN(c2ccc(C)cc2)C1.I. The number of anilines is 1. The van der Waals surface area contributed by atoms with Gasteiger partial charge >= 0.3 is 0 Å². The summed E-state index contributed by atoms with van der Waals surface area (Å²) in [5.41, 5.74) is 3.75. The second-order valence-corrected chi connectivity index (χ2v) is 7.84. The zero-order chi connectivity index (χ0) is 18.4. The third-order valence-corrected chi connectivity index (χ3v) is 5.40. The van der Waals surface area contributed by atoms with E-state index in [1.54, 1.807) is 11.3 Å². The zero-order valence-electron chi connectivity index (χ0n) is 16.4. The Morgan fingerprint density at radius 3 is 2.74 bits per heavy atom. The van der Waals surface area contributed by atoms with Crippen LogP contribution in [-0.4, -0.2) is 43.2 Å². The molecule has 5 nitrogen and oxygen atoms in total. The average molecular weight is 499 g/mol. The fourth-order valence-electron chi connectivity index (χ4n) is 3.19. The third kappa shape index (κ3) is 6.64. The molecule has 0 spiro atoms. The molecule has 1 aliphatic heterocycles. The van der Waals surface area contributed by atoms with Gasteiger partial charge in [0.05, 0.1) is 10.7 Å². The molecule has 0 bridgehead atoms. The predicted octanol–water partition coefficient (Wildman–Crippen LogP) is 3.75. The molecule has 1 atom stereocenters. The monoisotopic (exact) mass is 499 g/mol. The topological polar surface area (TPSA) is 52.6 Å². The molecule has 3 rings (SSSR count). The lowest BCUT2D eigenvalue weighted by atomic mass is 10.2. The molecule has 1 aromatic heterocycles. The van der Waals surface area contributed by atoms with Crippen molar-refractivity contribution in [3.8, 4) is 0 Å². The van der Waals surface area contributed by atoms with E-state index >= 15 is 0 Å². The lowest BCUT2D eigenvalue weighted by molar-refractivity contribution is 0.649. The highest BCUT2D eigenvalue weighted by Crippen LogP contribution is 2.20. The summed E-state index contributed by atoms with van der Waals surface area (Å²) in [4.78, 5) is 11.7. The highest BCUT2D eigenvalue weighted by Gasteiger charge is 2.23. The number of aryl methyl sites for hydroxylation is 2. The number of nitrogens with one attached hydrogen (secondary N) is 2. The second kappa shape index (κ2) is 10.8. The van der Waals surface area contributed by atoms with E-state index in [9.17, 15) is 0 Å². The Balaban J connectivity index is 0.00000261. The average Bonchev–Trinajstić information content (AvgIpc) is 3.25. The van der Waals surface area contributed by atoms with Gasteiger partial charge in [0.2, 0.25) is 0 Å². The van der Waals surface area contributed by atoms with Crippen LogP contribution < -0.4 is 15.5 Å². The van der Waals surface area contributed by atoms with Crippen molar-refractivity contribution in [3.05, 3.63) is 45.9 Å². The standard InChI is InChI=1S/C20H29N5S.HI/c1-4-21-20(22-11-9-18-14-26-16(3)23-18)24-17-10-12-25(13-17)19-7-5-15(2)6-8-19;/h5-8,14,17H,4,9-13H2,1-3H3,(H2,21,22,24);1H. The molecule has 0 amide bonds. The lowest BCUT2D eigenvalue weighted by Crippen LogP contribution is -2.44. The molecule has 2 N–H and O–H groups in total. The number of rotatable bonds is 6. The van der Waals surface area contributed by atoms with Gasteiger partial charge in [-0.05, 0) is 39.3 Å². The number of aliphatic imine (C=N–C) groups is 1. The molecular weight excluding hydrogens is 469 g/mol. The van der Waals surface area contributed by atoms with Crippen LogP contribution >= 0.6 is 35.3 Å². The number of guanidine groups is 1. The molecule has 2 heterocycles. The van der Waals surface area contributed by atoms with E-state index in [0.29, 0.717) is 6.04 Å². The van der Waals surface area contributed by atoms with Crippen LogP contribution in [0.1, 0.15) is 29.6 Å². The summed E-state index contributed by atoms with van der Waals surface area (Å²) < 4.78 is 0. The predicted molar refractivity (Wildman–Crippen MR) is 127 cm³/mol. The van der Waals surface area contributed by atoms with Crippen molar-refractivity contribution >= 4 is 47.0 Å². The quantitative estimate of drug-likeness (QED) is 0.361. The van der Waals surface area contributed by atoms with Gasteiger partial charge in [-0.1, -0.05) is 17.7 Å². The Labute approximate surface area is 183 Å². The van der Waals surface area contributed by atoms with Crippen LogP contribution in [0.3, 0.4) is 0 Å². The van der Waals surface area contributed by atoms with Gasteiger partial charge in [-0.3, -0.25) is 4.99 Å². The van der Waals surface area contributed by atoms with Crippen LogP contribution in [0.15, 0.2) is 34.6 Å². The summed E-state index contributed by atoms with van der Waals surface area (Å²) in [6.45, 7) is 10.0. The van der Waals surface area contributed by atoms with Crippen molar-refractivity contribution < 1.29 is 0 Å². The van der Waals surface area contributed by atoms with Gasteiger partial charge < -0.3 is 15.5 Å². The molecule has 1 unspecified atom stereocenters. The van der Waals surface area contributed by atoms with E-state index in [4.69, 9.17) is 4.99 Å². The molecule has 1 fully saturated rings. The molecule has 148 valence electrons. The van der Waals surface area contributed by atoms with Crippen molar-refractivity contribution in [2.75, 3.05) is 31.1 Å². The number of thiazole rings is 1. The van der Waals surface area contributed by atoms with Gasteiger partial charge in [-0.2, -0.15) is 0 Å². The number of aromatic nitrogens is 1. The Morgan fingerprint density at radius 2 is 2.07 bits per heavy atom. The first-order chi connectivity index (χ1) is 12.6. The van der Waals surface area contributed by atoms with E-state index in [0.717, 1.165) is 55.7 Å². The van der Waals surface area contributed by atoms with Crippen molar-refractivity contribution in [1.82, 2.24) is 15.6 Å². The van der Waals surface area contributed by atoms with Crippen molar-refractivity contribution in [2.24, 2.45) is 4.99 Å². The Morgan fingerprint density at radius 1 is 1.30 bits per heavy atom. The van der Waals surface area contributed by atoms with E-state index < -0.39 is 0 Å². The molecule has 0 radical (unpaired) electrons. The highest BCUT2D eigenvalue weighted by atomic mass is 127. The van der Waals surface area contributed by atoms with Crippen LogP contribution in [0.2, 0.25) is 0 Å². The number of hydrogen-bond acceptors (Lipinski definition) is 4. The van der Waals surface area contributed by atoms with Crippen molar-refractivity contribution in [2.45, 2.75) is 39.7 Å². The molecule has 7 heteroatoms. The molecule has 0 aliphatic carbocycles. The molecule has 27 heavy (non-hydrogen) atoms. The van der Waals surface area contributed by atoms with Gasteiger partial charge in [-0.25, -0.2) is 4.98 Å². The van der Waals surface area contributed by atoms with Crippen LogP contribution in [-0.2, 0) is 6.42 Å². The minimum Gasteiger partial charge on any atom is -0.369 e. The smallest absolute Gasteiger partial charge is 0.191 e. The maximum Gasteiger partial charge on any atom is 0.191 e. The fourth-order valence-corrected chi connectivity index (χ4v) is 3.83. The van der Waals surface area contributed by atoms with E-state index in [-0.39, 0.29) is 24.0 Å². The molecule has 2 aromatic rings. The Bertz CT molecular complexity index is 728. The number of benzene rings is 1. The zero-order valence-corrected chi connectivity index (χ0v) is 19.5. The molecule has 1 saturated heterocycles. The van der Waals surface area contributed by atoms with Crippen molar-refractivity contribution in [3.63, 3.8) is 0 Å². The van der Waals surface area contributed by atoms with E-state index in [1.165, 1.54) is 11.3 Å². The number of nitrogens with zero attached hydrogens (tertiary/aromatic N) is 3. The molecule has 0 saturated carbocycles. The van der Waals surface area contributed by atoms with Gasteiger partial charge in [-0.15, -0.1) is 35.3 Å². The summed E-state index contributed by atoms with van der Waals surface area (Å²) in [5.74, 6) is 0.912. The van der Waals surface area contributed by atoms with E-state index in [1.807, 2.05) is 6.92 Å². The first-order valence-corrected chi connectivity index (χ1v) is 10.3. The summed E-state index contributed by atoms with van der Waals surface area (Å²) in [6, 6.07) is 9.22. The maximum atomic E-state index is 4.73. The fraction of sp³-hybridized carbons (Fsp3) is 0.500. The van der Waals surface area contributed by atoms with Crippen molar-refractivity contribution in [1.29, 1.82) is 0 Å². The third-order valence-electron chi connectivity index (χ3n) is 4.58. The normalized spacial score (nSPS) is 16.9. The van der Waals surface area contributed by atoms with Crippen LogP contribution in [0.25, 0.3) is 0 Å². The highest BCUT2D eigenvalue weighted by molar-refractivity contribution is 14.0. The first kappa shape index (κ1) is 21.9. The van der Waals surface area contributed by atoms with Gasteiger partial charge in [0.25, 0.3) is 0 Å². The van der Waals surface area contributed by atoms with Gasteiger partial charge in [0.1, 0.15) is 0 Å². The Kier molecular flexibility index (Phi) is 8.82. The summed E-state index contributed by atoms with van der Waals surface area (Å²) in [5, 5.41) is 10.2. The minimum absolute atomic E-state index is 0. The lowest BCUT2D eigenvalue weighted by Gasteiger charge is -2.20. The number of hydrogen-bond donors (Lipinski definition) is 2. The van der Waals surface area contributed by atoms with E-state index in [2.05, 4.69) is 64.0 Å². The largest absolute Gasteiger partial charge is 0.369 e. The summed E-state index contributed by atoms with van der Waals surface area (Å²) >= 11 is 1.70. The Hall–Kier alpha value is -1.35. The molecular formula is C20H30IN5S. The van der Waals surface area contributed by atoms with Crippen LogP contribution in [0.4, 0.5) is 5.69 Å². The summed E-state index contributed by atoms with van der Waals surface area (Å²) in [6.07, 6.45) is 2.02. The maximum absolute atomic E-state index is 4.73. The second-order valence-electron chi connectivity index (χ2n) is 6.78. The minimum atomic E-state index is 0. The van der Waals surface area contributed by atoms with Crippen LogP contribution in [0, 0.1) is 13.8 Å². The van der Waals surface area contributed by atoms with Gasteiger partial charge in [0.15, 0.2) is 5.96 Å². The molecule has 1 aromatic carbocycles. The summed E-state index contributed by atoms with van der Waals surface area (Å²) in [7, 11) is 0. The molecule has 1 aliphatic rings. The van der Waals surface area contributed by atoms with Crippen LogP contribution in [0.5, 0.6) is 0 Å². The van der Waals surface area contributed by atoms with Gasteiger partial charge in [0, 0.05) is 49.7 Å². The number of halogens is 1. The first-order valence-electron chi connectivity index (χ1n) is 9.41.